The monoisotopic (exact) mass is 809 g/mol. The first-order valence-corrected chi connectivity index (χ1v) is 20.0. The van der Waals surface area contributed by atoms with E-state index in [4.69, 9.17) is 9.72 Å². The molecule has 5 N–H and O–H groups in total. The highest BCUT2D eigenvalue weighted by Crippen LogP contribution is 2.41. The Morgan fingerprint density at radius 3 is 2.58 bits per heavy atom. The molecule has 306 valence electrons. The van der Waals surface area contributed by atoms with Gasteiger partial charge in [-0.25, -0.2) is 24.2 Å². The number of nitrogens with one attached hydrogen (secondary N) is 2. The normalized spacial score (nSPS) is 15.7. The summed E-state index contributed by atoms with van der Waals surface area (Å²) in [6.45, 7) is 8.54. The van der Waals surface area contributed by atoms with Crippen molar-refractivity contribution in [2.75, 3.05) is 6.54 Å². The third-order valence-electron chi connectivity index (χ3n) is 12.0. The number of aromatic nitrogens is 6. The van der Waals surface area contributed by atoms with Crippen LogP contribution in [0.3, 0.4) is 0 Å². The summed E-state index contributed by atoms with van der Waals surface area (Å²) in [6, 6.07) is 17.8. The van der Waals surface area contributed by atoms with Crippen LogP contribution in [-0.4, -0.2) is 62.6 Å². The number of aliphatic hydroxyl groups is 1. The van der Waals surface area contributed by atoms with Crippen LogP contribution in [0.2, 0.25) is 0 Å². The smallest absolute Gasteiger partial charge is 0.348 e. The molecule has 6 heterocycles. The largest absolute Gasteiger partial charge is 0.508 e. The van der Waals surface area contributed by atoms with E-state index in [1.54, 1.807) is 29.7 Å². The number of hydrogen-bond donors (Lipinski definition) is 5. The highest BCUT2D eigenvalue weighted by molar-refractivity contribution is 5.90. The molecule has 7 aromatic rings. The zero-order chi connectivity index (χ0) is 42.2. The summed E-state index contributed by atoms with van der Waals surface area (Å²) in [5, 5.41) is 43.8. The predicted octanol–water partition coefficient (Wildman–Crippen LogP) is 5.03. The molecule has 4 aromatic heterocycles. The van der Waals surface area contributed by atoms with Gasteiger partial charge in [-0.15, -0.1) is 0 Å². The van der Waals surface area contributed by atoms with Gasteiger partial charge in [0.1, 0.15) is 18.1 Å². The van der Waals surface area contributed by atoms with Crippen molar-refractivity contribution in [2.45, 2.75) is 78.2 Å². The van der Waals surface area contributed by atoms with Gasteiger partial charge in [-0.3, -0.25) is 9.59 Å². The van der Waals surface area contributed by atoms with E-state index >= 15 is 0 Å². The van der Waals surface area contributed by atoms with Crippen LogP contribution in [0.4, 0.5) is 0 Å². The summed E-state index contributed by atoms with van der Waals surface area (Å²) in [6.07, 6.45) is 2.79. The number of benzene rings is 3. The highest BCUT2D eigenvalue weighted by Gasteiger charge is 2.45. The van der Waals surface area contributed by atoms with Gasteiger partial charge in [-0.1, -0.05) is 33.8 Å². The first-order chi connectivity index (χ1) is 28.8. The van der Waals surface area contributed by atoms with E-state index in [0.717, 1.165) is 33.0 Å². The zero-order valence-electron chi connectivity index (χ0n) is 33.5. The summed E-state index contributed by atoms with van der Waals surface area (Å²) < 4.78 is 10.2. The lowest BCUT2D eigenvalue weighted by Gasteiger charge is -2.31. The van der Waals surface area contributed by atoms with E-state index in [2.05, 4.69) is 15.5 Å². The lowest BCUT2D eigenvalue weighted by Crippen LogP contribution is -2.44. The number of H-pyrrole nitrogens is 1. The first-order valence-electron chi connectivity index (χ1n) is 20.0. The summed E-state index contributed by atoms with van der Waals surface area (Å²) in [5.74, 6) is -0.965. The molecule has 1 atom stereocenters. The number of nitrogens with zero attached hydrogens (tertiary/aromatic N) is 5. The third kappa shape index (κ3) is 6.06. The van der Waals surface area contributed by atoms with Crippen molar-refractivity contribution in [2.24, 2.45) is 0 Å². The quantitative estimate of drug-likeness (QED) is 0.117. The van der Waals surface area contributed by atoms with E-state index in [0.29, 0.717) is 59.8 Å². The molecule has 15 nitrogen and oxygen atoms in total. The number of phenols is 2. The van der Waals surface area contributed by atoms with E-state index in [1.807, 2.05) is 67.9 Å². The number of pyridine rings is 2. The molecular weight excluding hydrogens is 767 g/mol. The maximum Gasteiger partial charge on any atom is 0.348 e. The van der Waals surface area contributed by atoms with Crippen molar-refractivity contribution >= 4 is 33.7 Å². The summed E-state index contributed by atoms with van der Waals surface area (Å²) >= 11 is 0. The van der Waals surface area contributed by atoms with Gasteiger partial charge >= 0.3 is 11.7 Å². The highest BCUT2D eigenvalue weighted by atomic mass is 16.6. The molecule has 0 fully saturated rings. The Morgan fingerprint density at radius 1 is 1.00 bits per heavy atom. The van der Waals surface area contributed by atoms with Crippen LogP contribution in [-0.2, 0) is 52.5 Å². The molecule has 3 aromatic carbocycles. The number of hydrogen-bond acceptors (Lipinski definition) is 10. The maximum atomic E-state index is 13.7. The molecule has 0 saturated carbocycles. The third-order valence-corrected chi connectivity index (χ3v) is 12.0. The number of carbonyl (C=O) groups is 2. The minimum atomic E-state index is -1.90. The van der Waals surface area contributed by atoms with Crippen LogP contribution in [0.5, 0.6) is 11.5 Å². The minimum absolute atomic E-state index is 0.0313. The van der Waals surface area contributed by atoms with Gasteiger partial charge in [0, 0.05) is 52.8 Å². The SMILES string of the molecule is CCc1c2c(nc3ccc(CC(=O)NCCn4ccc5cc(-n6c(-c7cc(C(C)C)c(O)cc7O)n[nH]c6=O)ccc54)cc13)-c1cc3c(c(=O)n1C2)COC(=O)C3(O)CC. The van der Waals surface area contributed by atoms with Gasteiger partial charge in [-0.05, 0) is 84.0 Å². The number of aryl methyl sites for hydroxylation is 1. The van der Waals surface area contributed by atoms with Gasteiger partial charge in [0.15, 0.2) is 11.4 Å². The lowest BCUT2D eigenvalue weighted by atomic mass is 9.86. The number of rotatable bonds is 10. The number of phenolic OH excluding ortho intramolecular Hbond substituents is 2. The van der Waals surface area contributed by atoms with Gasteiger partial charge < -0.3 is 34.5 Å². The van der Waals surface area contributed by atoms with E-state index in [1.165, 1.54) is 10.6 Å². The van der Waals surface area contributed by atoms with Crippen molar-refractivity contribution in [3.8, 4) is 40.0 Å². The molecule has 60 heavy (non-hydrogen) atoms. The molecule has 1 unspecified atom stereocenters. The fourth-order valence-corrected chi connectivity index (χ4v) is 8.76. The molecule has 2 aliphatic heterocycles. The molecule has 0 radical (unpaired) electrons. The van der Waals surface area contributed by atoms with E-state index in [-0.39, 0.29) is 65.3 Å². The lowest BCUT2D eigenvalue weighted by molar-refractivity contribution is -0.172. The average Bonchev–Trinajstić information content (AvgIpc) is 3.93. The fraction of sp³-hybridized carbons (Fsp3) is 0.289. The molecular formula is C45H43N7O8. The number of esters is 1. The minimum Gasteiger partial charge on any atom is -0.508 e. The van der Waals surface area contributed by atoms with Crippen molar-refractivity contribution in [3.63, 3.8) is 0 Å². The summed E-state index contributed by atoms with van der Waals surface area (Å²) in [5.41, 5.74) is 4.87. The van der Waals surface area contributed by atoms with Gasteiger partial charge in [-0.2, -0.15) is 5.10 Å². The van der Waals surface area contributed by atoms with E-state index < -0.39 is 17.3 Å². The van der Waals surface area contributed by atoms with E-state index in [9.17, 15) is 34.5 Å². The number of aromatic hydroxyl groups is 2. The number of ether oxygens (including phenoxy) is 1. The Balaban J connectivity index is 0.908. The second-order valence-electron chi connectivity index (χ2n) is 15.8. The number of fused-ring (bicyclic) bond motifs is 6. The molecule has 0 saturated heterocycles. The Hall–Kier alpha value is -7.00. The van der Waals surface area contributed by atoms with Crippen LogP contribution in [0, 0.1) is 0 Å². The van der Waals surface area contributed by atoms with Crippen molar-refractivity contribution in [1.29, 1.82) is 0 Å². The Labute approximate surface area is 342 Å². The van der Waals surface area contributed by atoms with Crippen LogP contribution in [0.25, 0.3) is 50.3 Å². The molecule has 15 heteroatoms. The summed E-state index contributed by atoms with van der Waals surface area (Å²) in [7, 11) is 0. The zero-order valence-corrected chi connectivity index (χ0v) is 33.5. The van der Waals surface area contributed by atoms with Gasteiger partial charge in [0.05, 0.1) is 46.7 Å². The van der Waals surface area contributed by atoms with Crippen LogP contribution in [0.1, 0.15) is 73.4 Å². The molecule has 0 bridgehead atoms. The number of cyclic esters (lactones) is 1. The van der Waals surface area contributed by atoms with Crippen LogP contribution < -0.4 is 16.6 Å². The fourth-order valence-electron chi connectivity index (χ4n) is 8.76. The first kappa shape index (κ1) is 38.5. The molecule has 2 aliphatic rings. The topological polar surface area (TPSA) is 207 Å². The van der Waals surface area contributed by atoms with Gasteiger partial charge in [0.2, 0.25) is 5.91 Å². The Kier molecular flexibility index (Phi) is 9.23. The Morgan fingerprint density at radius 2 is 1.82 bits per heavy atom. The molecule has 1 amide bonds. The standard InChI is InChI=1S/C45H43N7O8/c1-5-27-29-15-24(7-9-34(29)47-40-31(27)21-51-36(40)19-33-32(42(51)56)22-60-43(57)45(33,59)6-2)16-39(55)46-12-14-50-13-11-25-17-26(8-10-35(25)50)52-41(48-49-44(52)58)30-18-28(23(3)4)37(53)20-38(30)54/h7-11,13,15,17-20,23,53-54,59H,5-6,12,14,16,21-22H2,1-4H3,(H,46,55)(H,49,58). The predicted molar refractivity (Wildman–Crippen MR) is 223 cm³/mol. The van der Waals surface area contributed by atoms with Crippen molar-refractivity contribution < 1.29 is 29.6 Å². The summed E-state index contributed by atoms with van der Waals surface area (Å²) in [4.78, 5) is 57.5. The molecule has 0 aliphatic carbocycles. The molecule has 9 rings (SSSR count). The second-order valence-corrected chi connectivity index (χ2v) is 15.8. The van der Waals surface area contributed by atoms with Crippen molar-refractivity contribution in [3.05, 3.63) is 121 Å². The average molecular weight is 810 g/mol. The maximum absolute atomic E-state index is 13.7. The van der Waals surface area contributed by atoms with Crippen molar-refractivity contribution in [1.82, 2.24) is 34.2 Å². The number of amides is 1. The van der Waals surface area contributed by atoms with Crippen LogP contribution in [0.15, 0.2) is 76.4 Å². The number of aromatic amines is 1. The number of carbonyl (C=O) groups excluding carboxylic acids is 2. The van der Waals surface area contributed by atoms with Gasteiger partial charge in [0.25, 0.3) is 5.56 Å². The molecule has 0 spiro atoms. The Bertz CT molecular complexity index is 3060. The van der Waals surface area contributed by atoms with Crippen LogP contribution >= 0.6 is 0 Å². The second kappa shape index (κ2) is 14.4.